The first kappa shape index (κ1) is 20.8. The quantitative estimate of drug-likeness (QED) is 0.665. The third kappa shape index (κ3) is 6.99. The molecule has 2 heterocycles. The summed E-state index contributed by atoms with van der Waals surface area (Å²) in [6.45, 7) is 4.55. The highest BCUT2D eigenvalue weighted by molar-refractivity contribution is 5.73. The molecule has 1 aromatic heterocycles. The van der Waals surface area contributed by atoms with Crippen molar-refractivity contribution >= 4 is 17.8 Å². The van der Waals surface area contributed by atoms with Gasteiger partial charge in [0.2, 0.25) is 0 Å². The van der Waals surface area contributed by atoms with Crippen LogP contribution in [0.2, 0.25) is 0 Å². The van der Waals surface area contributed by atoms with Gasteiger partial charge in [-0.3, -0.25) is 4.57 Å². The summed E-state index contributed by atoms with van der Waals surface area (Å²) in [5, 5.41) is 0. The second kappa shape index (κ2) is 8.96. The van der Waals surface area contributed by atoms with Gasteiger partial charge in [-0.25, -0.2) is 14.4 Å². The molecule has 2 N–H and O–H groups in total. The molecule has 2 rings (SSSR count). The lowest BCUT2D eigenvalue weighted by atomic mass is 10.2. The normalized spacial score (nSPS) is 19.7. The second-order valence-corrected chi connectivity index (χ2v) is 7.09. The molecule has 0 saturated carbocycles. The van der Waals surface area contributed by atoms with Crippen LogP contribution in [0.15, 0.2) is 17.1 Å². The van der Waals surface area contributed by atoms with E-state index in [9.17, 15) is 14.4 Å². The molecule has 1 saturated heterocycles. The van der Waals surface area contributed by atoms with Gasteiger partial charge in [-0.15, -0.1) is 0 Å². The van der Waals surface area contributed by atoms with Crippen molar-refractivity contribution < 1.29 is 28.5 Å². The van der Waals surface area contributed by atoms with Crippen LogP contribution in [0.3, 0.4) is 0 Å². The summed E-state index contributed by atoms with van der Waals surface area (Å²) >= 11 is 0. The molecule has 10 nitrogen and oxygen atoms in total. The minimum Gasteiger partial charge on any atom is -0.461 e. The van der Waals surface area contributed by atoms with Crippen molar-refractivity contribution in [3.8, 4) is 0 Å². The van der Waals surface area contributed by atoms with E-state index in [0.717, 1.165) is 0 Å². The number of aromatic nitrogens is 2. The molecular weight excluding hydrogens is 358 g/mol. The molecule has 1 aliphatic rings. The lowest BCUT2D eigenvalue weighted by Gasteiger charge is -2.19. The van der Waals surface area contributed by atoms with Gasteiger partial charge >= 0.3 is 17.6 Å². The Balaban J connectivity index is 1.68. The van der Waals surface area contributed by atoms with Crippen molar-refractivity contribution in [2.75, 3.05) is 25.6 Å². The van der Waals surface area contributed by atoms with Crippen LogP contribution < -0.4 is 11.4 Å². The van der Waals surface area contributed by atoms with Gasteiger partial charge in [0.05, 0.1) is 6.10 Å². The monoisotopic (exact) mass is 383 g/mol. The molecule has 0 spiro atoms. The molecule has 2 atom stereocenters. The number of nitrogens with zero attached hydrogens (tertiary/aromatic N) is 2. The Labute approximate surface area is 156 Å². The van der Waals surface area contributed by atoms with Crippen molar-refractivity contribution in [2.24, 2.45) is 0 Å². The number of anilines is 1. The zero-order valence-electron chi connectivity index (χ0n) is 15.7. The van der Waals surface area contributed by atoms with Gasteiger partial charge in [-0.2, -0.15) is 4.98 Å². The molecule has 1 aliphatic heterocycles. The minimum absolute atomic E-state index is 0.0300. The topological polar surface area (TPSA) is 132 Å². The Morgan fingerprint density at radius 2 is 2.00 bits per heavy atom. The summed E-state index contributed by atoms with van der Waals surface area (Å²) in [6, 6.07) is 1.51. The fourth-order valence-corrected chi connectivity index (χ4v) is 2.48. The van der Waals surface area contributed by atoms with E-state index in [1.807, 2.05) is 0 Å². The number of ether oxygens (including phenoxy) is 4. The highest BCUT2D eigenvalue weighted by Crippen LogP contribution is 2.27. The lowest BCUT2D eigenvalue weighted by molar-refractivity contribution is -0.164. The van der Waals surface area contributed by atoms with Crippen molar-refractivity contribution in [1.82, 2.24) is 9.55 Å². The van der Waals surface area contributed by atoms with Gasteiger partial charge < -0.3 is 24.7 Å². The summed E-state index contributed by atoms with van der Waals surface area (Å²) < 4.78 is 22.2. The van der Waals surface area contributed by atoms with E-state index in [2.05, 4.69) is 4.98 Å². The van der Waals surface area contributed by atoms with E-state index in [4.69, 9.17) is 24.7 Å². The zero-order chi connectivity index (χ0) is 20.0. The molecule has 1 fully saturated rings. The first-order valence-corrected chi connectivity index (χ1v) is 8.59. The Morgan fingerprint density at radius 3 is 2.67 bits per heavy atom. The first-order chi connectivity index (χ1) is 12.6. The molecule has 0 aliphatic carbocycles. The van der Waals surface area contributed by atoms with Crippen LogP contribution in [0.4, 0.5) is 5.82 Å². The van der Waals surface area contributed by atoms with Gasteiger partial charge in [0.15, 0.2) is 0 Å². The molecule has 0 radical (unpaired) electrons. The van der Waals surface area contributed by atoms with E-state index in [1.54, 1.807) is 20.8 Å². The maximum absolute atomic E-state index is 11.8. The maximum Gasteiger partial charge on any atom is 0.351 e. The average Bonchev–Trinajstić information content (AvgIpc) is 3.00. The highest BCUT2D eigenvalue weighted by Gasteiger charge is 2.28. The van der Waals surface area contributed by atoms with E-state index < -0.39 is 29.5 Å². The number of hydrogen-bond donors (Lipinski definition) is 1. The molecule has 2 unspecified atom stereocenters. The van der Waals surface area contributed by atoms with E-state index in [1.165, 1.54) is 16.8 Å². The Hall–Kier alpha value is -2.46. The fraction of sp³-hybridized carbons (Fsp3) is 0.647. The summed E-state index contributed by atoms with van der Waals surface area (Å²) in [5.41, 5.74) is 4.36. The number of carbonyl (C=O) groups excluding carboxylic acids is 2. The van der Waals surface area contributed by atoms with Crippen LogP contribution in [-0.4, -0.2) is 53.0 Å². The Kier molecular flexibility index (Phi) is 6.92. The number of nitrogen functional groups attached to an aromatic ring is 1. The summed E-state index contributed by atoms with van der Waals surface area (Å²) in [5.74, 6) is -1.03. The summed E-state index contributed by atoms with van der Waals surface area (Å²) in [6.07, 6.45) is 1.91. The fourth-order valence-electron chi connectivity index (χ4n) is 2.48. The minimum atomic E-state index is -0.614. The molecule has 150 valence electrons. The highest BCUT2D eigenvalue weighted by atomic mass is 16.6. The summed E-state index contributed by atoms with van der Waals surface area (Å²) in [7, 11) is 0. The van der Waals surface area contributed by atoms with Gasteiger partial charge in [0, 0.05) is 6.20 Å². The Morgan fingerprint density at radius 1 is 1.30 bits per heavy atom. The number of nitrogens with two attached hydrogens (primary N) is 1. The number of hydrogen-bond acceptors (Lipinski definition) is 9. The largest absolute Gasteiger partial charge is 0.461 e. The third-order valence-corrected chi connectivity index (χ3v) is 3.54. The number of carbonyl (C=O) groups is 2. The van der Waals surface area contributed by atoms with Crippen LogP contribution >= 0.6 is 0 Å². The number of esters is 2. The van der Waals surface area contributed by atoms with Gasteiger partial charge in [0.25, 0.3) is 0 Å². The maximum atomic E-state index is 11.8. The predicted molar refractivity (Wildman–Crippen MR) is 93.7 cm³/mol. The van der Waals surface area contributed by atoms with E-state index in [0.29, 0.717) is 12.8 Å². The standard InChI is InChI=1S/C17H25N3O7/c1-17(2,3)27-15(22)10-24-9-14(21)25-8-11-4-5-13(26-11)20-7-6-12(18)19-16(20)23/h6-7,11,13H,4-5,8-10H2,1-3H3,(H2,18,19,23). The van der Waals surface area contributed by atoms with Crippen LogP contribution in [-0.2, 0) is 28.5 Å². The molecule has 0 aromatic carbocycles. The van der Waals surface area contributed by atoms with Crippen molar-refractivity contribution in [1.29, 1.82) is 0 Å². The van der Waals surface area contributed by atoms with E-state index in [-0.39, 0.29) is 31.7 Å². The van der Waals surface area contributed by atoms with E-state index >= 15 is 0 Å². The SMILES string of the molecule is CC(C)(C)OC(=O)COCC(=O)OCC1CCC(n2ccc(N)nc2=O)O1. The molecule has 0 amide bonds. The lowest BCUT2D eigenvalue weighted by Crippen LogP contribution is -2.29. The summed E-state index contributed by atoms with van der Waals surface area (Å²) in [4.78, 5) is 38.6. The molecule has 10 heteroatoms. The predicted octanol–water partition coefficient (Wildman–Crippen LogP) is 0.405. The second-order valence-electron chi connectivity index (χ2n) is 7.09. The van der Waals surface area contributed by atoms with Crippen LogP contribution in [0, 0.1) is 0 Å². The van der Waals surface area contributed by atoms with Crippen LogP contribution in [0.25, 0.3) is 0 Å². The zero-order valence-corrected chi connectivity index (χ0v) is 15.7. The molecular formula is C17H25N3O7. The van der Waals surface area contributed by atoms with Gasteiger partial charge in [0.1, 0.15) is 37.5 Å². The molecule has 0 bridgehead atoms. The smallest absolute Gasteiger partial charge is 0.351 e. The van der Waals surface area contributed by atoms with Crippen molar-refractivity contribution in [2.45, 2.75) is 51.5 Å². The van der Waals surface area contributed by atoms with Crippen LogP contribution in [0.5, 0.6) is 0 Å². The van der Waals surface area contributed by atoms with Gasteiger partial charge in [-0.1, -0.05) is 0 Å². The third-order valence-electron chi connectivity index (χ3n) is 3.54. The molecule has 27 heavy (non-hydrogen) atoms. The molecule has 1 aromatic rings. The van der Waals surface area contributed by atoms with Crippen molar-refractivity contribution in [3.05, 3.63) is 22.7 Å². The van der Waals surface area contributed by atoms with Gasteiger partial charge in [-0.05, 0) is 39.7 Å². The average molecular weight is 383 g/mol. The number of rotatable bonds is 7. The Bertz CT molecular complexity index is 726. The van der Waals surface area contributed by atoms with Crippen molar-refractivity contribution in [3.63, 3.8) is 0 Å². The first-order valence-electron chi connectivity index (χ1n) is 8.59. The van der Waals surface area contributed by atoms with Crippen LogP contribution in [0.1, 0.15) is 39.8 Å².